The molecule has 1 N–H and O–H groups in total. The van der Waals surface area contributed by atoms with Crippen LogP contribution in [0.25, 0.3) is 0 Å². The molecule has 1 heterocycles. The minimum atomic E-state index is -0.607. The van der Waals surface area contributed by atoms with E-state index in [2.05, 4.69) is 5.32 Å². The molecule has 2 aliphatic rings. The summed E-state index contributed by atoms with van der Waals surface area (Å²) >= 11 is 6.24. The van der Waals surface area contributed by atoms with Crippen LogP contribution in [0.2, 0.25) is 5.02 Å². The van der Waals surface area contributed by atoms with Crippen LogP contribution in [0.15, 0.2) is 36.4 Å². The predicted molar refractivity (Wildman–Crippen MR) is 88.4 cm³/mol. The van der Waals surface area contributed by atoms with Gasteiger partial charge in [-0.25, -0.2) is 4.39 Å². The quantitative estimate of drug-likeness (QED) is 0.915. The zero-order chi connectivity index (χ0) is 16.7. The molecule has 0 unspecified atom stereocenters. The largest absolute Gasteiger partial charge is 0.486 e. The Morgan fingerprint density at radius 2 is 1.71 bits per heavy atom. The van der Waals surface area contributed by atoms with E-state index in [0.29, 0.717) is 35.4 Å². The fourth-order valence-corrected chi connectivity index (χ4v) is 3.14. The normalized spacial score (nSPS) is 17.2. The van der Waals surface area contributed by atoms with Gasteiger partial charge in [-0.15, -0.1) is 0 Å². The fraction of sp³-hybridized carbons (Fsp3) is 0.278. The van der Waals surface area contributed by atoms with Gasteiger partial charge >= 0.3 is 0 Å². The second-order valence-electron chi connectivity index (χ2n) is 6.02. The van der Waals surface area contributed by atoms with Crippen molar-refractivity contribution in [2.75, 3.05) is 18.5 Å². The number of halogens is 2. The Kier molecular flexibility index (Phi) is 3.61. The summed E-state index contributed by atoms with van der Waals surface area (Å²) in [6, 6.07) is 9.39. The molecule has 0 saturated heterocycles. The molecule has 0 aromatic heterocycles. The molecular formula is C18H15ClFNO3. The van der Waals surface area contributed by atoms with E-state index >= 15 is 0 Å². The molecule has 2 aromatic rings. The molecule has 0 bridgehead atoms. The number of fused-ring (bicyclic) bond motifs is 1. The highest BCUT2D eigenvalue weighted by atomic mass is 35.5. The summed E-state index contributed by atoms with van der Waals surface area (Å²) in [4.78, 5) is 12.8. The van der Waals surface area contributed by atoms with Crippen LogP contribution in [-0.4, -0.2) is 19.1 Å². The summed E-state index contributed by atoms with van der Waals surface area (Å²) < 4.78 is 24.1. The number of hydrogen-bond donors (Lipinski definition) is 1. The van der Waals surface area contributed by atoms with E-state index in [1.54, 1.807) is 24.3 Å². The van der Waals surface area contributed by atoms with E-state index in [0.717, 1.165) is 18.4 Å². The van der Waals surface area contributed by atoms with Gasteiger partial charge in [-0.1, -0.05) is 23.7 Å². The highest BCUT2D eigenvalue weighted by Crippen LogP contribution is 2.49. The Hall–Kier alpha value is -2.27. The summed E-state index contributed by atoms with van der Waals surface area (Å²) in [6.07, 6.45) is 1.46. The monoisotopic (exact) mass is 347 g/mol. The topological polar surface area (TPSA) is 47.6 Å². The van der Waals surface area contributed by atoms with E-state index in [4.69, 9.17) is 21.1 Å². The number of anilines is 1. The molecule has 0 spiro atoms. The average molecular weight is 348 g/mol. The van der Waals surface area contributed by atoms with Crippen LogP contribution >= 0.6 is 11.6 Å². The summed E-state index contributed by atoms with van der Waals surface area (Å²) in [5, 5.41) is 3.27. The number of rotatable bonds is 3. The molecule has 124 valence electrons. The highest BCUT2D eigenvalue weighted by molar-refractivity contribution is 6.34. The number of ether oxygens (including phenoxy) is 2. The van der Waals surface area contributed by atoms with Gasteiger partial charge in [0, 0.05) is 12.1 Å². The number of carbonyl (C=O) groups is 1. The lowest BCUT2D eigenvalue weighted by Crippen LogP contribution is -2.28. The number of amides is 1. The lowest BCUT2D eigenvalue weighted by atomic mass is 9.95. The number of hydrogen-bond acceptors (Lipinski definition) is 3. The molecule has 4 rings (SSSR count). The van der Waals surface area contributed by atoms with E-state index in [1.165, 1.54) is 12.1 Å². The summed E-state index contributed by atoms with van der Waals surface area (Å²) in [5.74, 6) is 0.675. The van der Waals surface area contributed by atoms with E-state index in [-0.39, 0.29) is 11.7 Å². The first-order chi connectivity index (χ1) is 11.6. The van der Waals surface area contributed by atoms with Crippen molar-refractivity contribution >= 4 is 23.2 Å². The smallest absolute Gasteiger partial charge is 0.235 e. The zero-order valence-electron chi connectivity index (χ0n) is 12.8. The van der Waals surface area contributed by atoms with Gasteiger partial charge in [0.05, 0.1) is 16.1 Å². The molecule has 1 amide bonds. The van der Waals surface area contributed by atoms with E-state index in [1.807, 2.05) is 0 Å². The van der Waals surface area contributed by atoms with Crippen molar-refractivity contribution < 1.29 is 18.7 Å². The van der Waals surface area contributed by atoms with Gasteiger partial charge in [0.2, 0.25) is 5.91 Å². The lowest BCUT2D eigenvalue weighted by Gasteiger charge is -2.21. The zero-order valence-corrected chi connectivity index (χ0v) is 13.5. The molecule has 0 atom stereocenters. The molecule has 6 heteroatoms. The Balaban J connectivity index is 1.59. The van der Waals surface area contributed by atoms with Crippen LogP contribution in [0.3, 0.4) is 0 Å². The van der Waals surface area contributed by atoms with Gasteiger partial charge in [-0.05, 0) is 30.5 Å². The van der Waals surface area contributed by atoms with Gasteiger partial charge in [0.1, 0.15) is 19.0 Å². The van der Waals surface area contributed by atoms with Gasteiger partial charge < -0.3 is 14.8 Å². The van der Waals surface area contributed by atoms with Crippen LogP contribution in [0.1, 0.15) is 18.4 Å². The van der Waals surface area contributed by atoms with Crippen molar-refractivity contribution in [2.45, 2.75) is 18.3 Å². The molecule has 1 aliphatic heterocycles. The Morgan fingerprint density at radius 3 is 2.33 bits per heavy atom. The van der Waals surface area contributed by atoms with Crippen molar-refractivity contribution in [1.29, 1.82) is 0 Å². The predicted octanol–water partition coefficient (Wildman–Crippen LogP) is 3.92. The maximum Gasteiger partial charge on any atom is 0.235 e. The highest BCUT2D eigenvalue weighted by Gasteiger charge is 2.51. The maximum atomic E-state index is 13.1. The van der Waals surface area contributed by atoms with Crippen LogP contribution in [0.4, 0.5) is 10.1 Å². The summed E-state index contributed by atoms with van der Waals surface area (Å²) in [6.45, 7) is 0.935. The van der Waals surface area contributed by atoms with Crippen LogP contribution in [0.5, 0.6) is 11.5 Å². The van der Waals surface area contributed by atoms with Crippen molar-refractivity contribution in [1.82, 2.24) is 0 Å². The van der Waals surface area contributed by atoms with Gasteiger partial charge in [0.25, 0.3) is 0 Å². The molecule has 0 radical (unpaired) electrons. The maximum absolute atomic E-state index is 13.1. The van der Waals surface area contributed by atoms with Crippen LogP contribution in [-0.2, 0) is 10.2 Å². The molecule has 4 nitrogen and oxygen atoms in total. The Labute approximate surface area is 143 Å². The molecule has 1 aliphatic carbocycles. The van der Waals surface area contributed by atoms with Crippen molar-refractivity contribution in [3.63, 3.8) is 0 Å². The first kappa shape index (κ1) is 15.3. The summed E-state index contributed by atoms with van der Waals surface area (Å²) in [7, 11) is 0. The van der Waals surface area contributed by atoms with Crippen molar-refractivity contribution in [3.8, 4) is 11.5 Å². The third kappa shape index (κ3) is 2.59. The van der Waals surface area contributed by atoms with Crippen molar-refractivity contribution in [3.05, 3.63) is 52.8 Å². The second kappa shape index (κ2) is 5.67. The van der Waals surface area contributed by atoms with Crippen LogP contribution in [0, 0.1) is 5.82 Å². The molecule has 1 fully saturated rings. The van der Waals surface area contributed by atoms with Gasteiger partial charge in [0.15, 0.2) is 11.5 Å². The molecule has 1 saturated carbocycles. The van der Waals surface area contributed by atoms with Gasteiger partial charge in [-0.2, -0.15) is 0 Å². The van der Waals surface area contributed by atoms with E-state index < -0.39 is 5.41 Å². The summed E-state index contributed by atoms with van der Waals surface area (Å²) in [5.41, 5.74) is 0.693. The number of nitrogens with one attached hydrogen (secondary N) is 1. The third-order valence-corrected chi connectivity index (χ3v) is 4.77. The number of carbonyl (C=O) groups excluding carboxylic acids is 1. The van der Waals surface area contributed by atoms with Gasteiger partial charge in [-0.3, -0.25) is 4.79 Å². The lowest BCUT2D eigenvalue weighted by molar-refractivity contribution is -0.118. The average Bonchev–Trinajstić information content (AvgIpc) is 3.38. The SMILES string of the molecule is O=C(Nc1cc2c(cc1Cl)OCCO2)C1(c2ccc(F)cc2)CC1. The Morgan fingerprint density at radius 1 is 1.08 bits per heavy atom. The first-order valence-electron chi connectivity index (χ1n) is 7.75. The fourth-order valence-electron chi connectivity index (χ4n) is 2.94. The minimum absolute atomic E-state index is 0.146. The molecule has 2 aromatic carbocycles. The first-order valence-corrected chi connectivity index (χ1v) is 8.13. The standard InChI is InChI=1S/C18H15ClFNO3/c19-13-9-15-16(24-8-7-23-15)10-14(13)21-17(22)18(5-6-18)11-1-3-12(20)4-2-11/h1-4,9-10H,5-8H2,(H,21,22). The molecule has 24 heavy (non-hydrogen) atoms. The third-order valence-electron chi connectivity index (χ3n) is 4.46. The number of benzene rings is 2. The molecular weight excluding hydrogens is 333 g/mol. The Bertz CT molecular complexity index is 803. The van der Waals surface area contributed by atoms with Crippen LogP contribution < -0.4 is 14.8 Å². The van der Waals surface area contributed by atoms with Crippen molar-refractivity contribution in [2.24, 2.45) is 0 Å². The second-order valence-corrected chi connectivity index (χ2v) is 6.43. The minimum Gasteiger partial charge on any atom is -0.486 e. The van der Waals surface area contributed by atoms with E-state index in [9.17, 15) is 9.18 Å².